The number of rotatable bonds is 15. The van der Waals surface area contributed by atoms with Crippen LogP contribution in [0.5, 0.6) is 0 Å². The van der Waals surface area contributed by atoms with Gasteiger partial charge in [0, 0.05) is 13.3 Å². The molecular formula is C20H36O3. The summed E-state index contributed by atoms with van der Waals surface area (Å²) in [6, 6.07) is 0. The highest BCUT2D eigenvalue weighted by molar-refractivity contribution is 5.83. The predicted molar refractivity (Wildman–Crippen MR) is 96.2 cm³/mol. The molecule has 0 saturated carbocycles. The van der Waals surface area contributed by atoms with Crippen molar-refractivity contribution in [3.8, 4) is 0 Å². The number of ether oxygens (including phenoxy) is 1. The van der Waals surface area contributed by atoms with Gasteiger partial charge in [-0.15, -0.1) is 0 Å². The van der Waals surface area contributed by atoms with Crippen molar-refractivity contribution in [3.63, 3.8) is 0 Å². The van der Waals surface area contributed by atoms with Gasteiger partial charge in [-0.3, -0.25) is 9.59 Å². The van der Waals surface area contributed by atoms with Gasteiger partial charge in [-0.1, -0.05) is 70.4 Å². The maximum absolute atomic E-state index is 11.1. The van der Waals surface area contributed by atoms with Crippen LogP contribution in [-0.2, 0) is 14.3 Å². The van der Waals surface area contributed by atoms with Crippen LogP contribution in [0.1, 0.15) is 104 Å². The average molecular weight is 325 g/mol. The molecule has 0 bridgehead atoms. The third-order valence-corrected chi connectivity index (χ3v) is 3.90. The second-order valence-corrected chi connectivity index (χ2v) is 6.30. The Bertz CT molecular complexity index is 321. The first-order valence-electron chi connectivity index (χ1n) is 9.53. The lowest BCUT2D eigenvalue weighted by Gasteiger charge is -2.01. The predicted octanol–water partition coefficient (Wildman–Crippen LogP) is 6.11. The van der Waals surface area contributed by atoms with E-state index in [-0.39, 0.29) is 0 Å². The van der Waals surface area contributed by atoms with Crippen molar-refractivity contribution in [1.82, 2.24) is 0 Å². The number of hydrogen-bond acceptors (Lipinski definition) is 3. The Balaban J connectivity index is 3.19. The van der Waals surface area contributed by atoms with Crippen molar-refractivity contribution < 1.29 is 14.3 Å². The molecule has 0 aromatic carbocycles. The molecule has 3 nitrogen and oxygen atoms in total. The van der Waals surface area contributed by atoms with Gasteiger partial charge in [-0.05, 0) is 32.1 Å². The molecule has 3 heteroatoms. The molecule has 0 rings (SSSR count). The molecule has 0 fully saturated rings. The van der Waals surface area contributed by atoms with E-state index in [0.717, 1.165) is 19.3 Å². The first-order valence-corrected chi connectivity index (χ1v) is 9.53. The molecule has 0 unspecified atom stereocenters. The lowest BCUT2D eigenvalue weighted by Crippen LogP contribution is -2.08. The normalized spacial score (nSPS) is 11.0. The molecule has 23 heavy (non-hydrogen) atoms. The quantitative estimate of drug-likeness (QED) is 0.158. The van der Waals surface area contributed by atoms with Gasteiger partial charge in [-0.2, -0.15) is 0 Å². The van der Waals surface area contributed by atoms with Crippen LogP contribution in [0.3, 0.4) is 0 Å². The second kappa shape index (κ2) is 17.2. The Morgan fingerprint density at radius 3 is 1.74 bits per heavy atom. The summed E-state index contributed by atoms with van der Waals surface area (Å²) < 4.78 is 4.48. The van der Waals surface area contributed by atoms with Crippen LogP contribution in [0, 0.1) is 0 Å². The van der Waals surface area contributed by atoms with Crippen molar-refractivity contribution in [2.24, 2.45) is 0 Å². The summed E-state index contributed by atoms with van der Waals surface area (Å²) in [6.45, 7) is 3.52. The maximum Gasteiger partial charge on any atom is 0.313 e. The highest BCUT2D eigenvalue weighted by atomic mass is 16.6. The highest BCUT2D eigenvalue weighted by Gasteiger charge is 2.04. The molecule has 0 saturated heterocycles. The number of carbonyl (C=O) groups is 2. The Labute approximate surface area is 142 Å². The van der Waals surface area contributed by atoms with Crippen molar-refractivity contribution in [2.45, 2.75) is 104 Å². The van der Waals surface area contributed by atoms with Crippen LogP contribution < -0.4 is 0 Å². The van der Waals surface area contributed by atoms with E-state index >= 15 is 0 Å². The Hall–Kier alpha value is -1.12. The van der Waals surface area contributed by atoms with E-state index in [1.807, 2.05) is 0 Å². The first-order chi connectivity index (χ1) is 11.2. The molecule has 0 aromatic heterocycles. The Morgan fingerprint density at radius 1 is 0.739 bits per heavy atom. The fraction of sp³-hybridized carbons (Fsp3) is 0.800. The van der Waals surface area contributed by atoms with Gasteiger partial charge in [0.1, 0.15) is 0 Å². The van der Waals surface area contributed by atoms with E-state index in [1.54, 1.807) is 0 Å². The van der Waals surface area contributed by atoms with Gasteiger partial charge in [0.2, 0.25) is 0 Å². The molecular weight excluding hydrogens is 288 g/mol. The van der Waals surface area contributed by atoms with Crippen LogP contribution in [-0.4, -0.2) is 11.9 Å². The molecule has 0 aliphatic carbocycles. The largest absolute Gasteiger partial charge is 0.393 e. The van der Waals surface area contributed by atoms with Crippen LogP contribution in [0.15, 0.2) is 12.2 Å². The zero-order valence-electron chi connectivity index (χ0n) is 15.3. The van der Waals surface area contributed by atoms with Gasteiger partial charge in [0.15, 0.2) is 0 Å². The number of hydrogen-bond donors (Lipinski definition) is 0. The summed E-state index contributed by atoms with van der Waals surface area (Å²) in [5.41, 5.74) is 0. The molecule has 0 amide bonds. The third-order valence-electron chi connectivity index (χ3n) is 3.90. The summed E-state index contributed by atoms with van der Waals surface area (Å²) in [4.78, 5) is 21.7. The topological polar surface area (TPSA) is 43.4 Å². The Kier molecular flexibility index (Phi) is 16.4. The van der Waals surface area contributed by atoms with Gasteiger partial charge < -0.3 is 4.74 Å². The summed E-state index contributed by atoms with van der Waals surface area (Å²) in [6.07, 6.45) is 21.0. The average Bonchev–Trinajstić information content (AvgIpc) is 2.50. The summed E-state index contributed by atoms with van der Waals surface area (Å²) in [5.74, 6) is -0.905. The molecule has 0 aliphatic rings. The van der Waals surface area contributed by atoms with Gasteiger partial charge in [0.05, 0.1) is 0 Å². The molecule has 0 spiro atoms. The van der Waals surface area contributed by atoms with Crippen LogP contribution in [0.4, 0.5) is 0 Å². The smallest absolute Gasteiger partial charge is 0.313 e. The fourth-order valence-electron chi connectivity index (χ4n) is 2.55. The molecule has 0 radical (unpaired) electrons. The lowest BCUT2D eigenvalue weighted by molar-refractivity contribution is -0.158. The van der Waals surface area contributed by atoms with E-state index in [0.29, 0.717) is 6.42 Å². The zero-order valence-corrected chi connectivity index (χ0v) is 15.3. The molecule has 134 valence electrons. The molecule has 0 heterocycles. The van der Waals surface area contributed by atoms with E-state index in [4.69, 9.17) is 0 Å². The van der Waals surface area contributed by atoms with E-state index in [1.165, 1.54) is 71.1 Å². The van der Waals surface area contributed by atoms with Crippen molar-refractivity contribution >= 4 is 11.9 Å². The molecule has 0 aliphatic heterocycles. The number of unbranched alkanes of at least 4 members (excludes halogenated alkanes) is 11. The number of esters is 2. The molecule has 0 N–H and O–H groups in total. The van der Waals surface area contributed by atoms with Gasteiger partial charge >= 0.3 is 11.9 Å². The van der Waals surface area contributed by atoms with Crippen LogP contribution in [0.2, 0.25) is 0 Å². The van der Waals surface area contributed by atoms with E-state index in [9.17, 15) is 9.59 Å². The van der Waals surface area contributed by atoms with Crippen LogP contribution in [0.25, 0.3) is 0 Å². The van der Waals surface area contributed by atoms with Gasteiger partial charge in [-0.25, -0.2) is 0 Å². The van der Waals surface area contributed by atoms with Crippen molar-refractivity contribution in [2.75, 3.05) is 0 Å². The maximum atomic E-state index is 11.1. The lowest BCUT2D eigenvalue weighted by atomic mass is 10.1. The highest BCUT2D eigenvalue weighted by Crippen LogP contribution is 2.10. The first kappa shape index (κ1) is 21.9. The third kappa shape index (κ3) is 18.8. The van der Waals surface area contributed by atoms with Crippen molar-refractivity contribution in [1.29, 1.82) is 0 Å². The summed E-state index contributed by atoms with van der Waals surface area (Å²) in [5, 5.41) is 0. The standard InChI is InChI=1S/C20H36O3/c1-3-4-5-6-7-8-9-10-11-12-13-14-15-16-17-18-20(22)23-19(2)21/h10-11H,3-9,12-18H2,1-2H3. The SMILES string of the molecule is CCCCCCCCC=CCCCCCCCC(=O)OC(C)=O. The molecule has 0 aromatic rings. The monoisotopic (exact) mass is 324 g/mol. The fourth-order valence-corrected chi connectivity index (χ4v) is 2.55. The van der Waals surface area contributed by atoms with Crippen molar-refractivity contribution in [3.05, 3.63) is 12.2 Å². The van der Waals surface area contributed by atoms with E-state index in [2.05, 4.69) is 23.8 Å². The Morgan fingerprint density at radius 2 is 1.22 bits per heavy atom. The summed E-state index contributed by atoms with van der Waals surface area (Å²) >= 11 is 0. The minimum atomic E-state index is -0.511. The van der Waals surface area contributed by atoms with E-state index < -0.39 is 11.9 Å². The minimum absolute atomic E-state index is 0.359. The second-order valence-electron chi connectivity index (χ2n) is 6.30. The summed E-state index contributed by atoms with van der Waals surface area (Å²) in [7, 11) is 0. The number of allylic oxidation sites excluding steroid dienone is 2. The number of carbonyl (C=O) groups excluding carboxylic acids is 2. The molecule has 0 atom stereocenters. The minimum Gasteiger partial charge on any atom is -0.393 e. The van der Waals surface area contributed by atoms with Gasteiger partial charge in [0.25, 0.3) is 0 Å². The zero-order chi connectivity index (χ0) is 17.2. The van der Waals surface area contributed by atoms with Crippen LogP contribution >= 0.6 is 0 Å².